The predicted octanol–water partition coefficient (Wildman–Crippen LogP) is 6.39. The van der Waals surface area contributed by atoms with Gasteiger partial charge in [-0.15, -0.1) is 0 Å². The van der Waals surface area contributed by atoms with E-state index >= 15 is 0 Å². The summed E-state index contributed by atoms with van der Waals surface area (Å²) >= 11 is 6.49. The van der Waals surface area contributed by atoms with E-state index in [9.17, 15) is 14.4 Å². The predicted molar refractivity (Wildman–Crippen MR) is 128 cm³/mol. The van der Waals surface area contributed by atoms with Crippen LogP contribution < -0.4 is 0 Å². The van der Waals surface area contributed by atoms with E-state index in [1.165, 1.54) is 17.7 Å². The number of esters is 1. The van der Waals surface area contributed by atoms with E-state index in [-0.39, 0.29) is 50.9 Å². The normalized spacial score (nSPS) is 12.9. The summed E-state index contributed by atoms with van der Waals surface area (Å²) < 4.78 is 5.59. The number of hydrogen-bond donors (Lipinski definition) is 0. The summed E-state index contributed by atoms with van der Waals surface area (Å²) in [6, 6.07) is 13.8. The second-order valence-electron chi connectivity index (χ2n) is 9.47. The molecule has 0 saturated carbocycles. The van der Waals surface area contributed by atoms with Crippen LogP contribution in [0, 0.1) is 13.8 Å². The molecule has 0 heterocycles. The Morgan fingerprint density at radius 3 is 2.03 bits per heavy atom. The molecule has 4 rings (SSSR count). The van der Waals surface area contributed by atoms with Crippen molar-refractivity contribution in [2.75, 3.05) is 0 Å². The van der Waals surface area contributed by atoms with Crippen molar-refractivity contribution in [3.8, 4) is 0 Å². The number of aryl methyl sites for hydroxylation is 2. The molecular weight excluding hydrogens is 436 g/mol. The fraction of sp³-hybridized carbons (Fsp3) is 0.250. The lowest BCUT2D eigenvalue weighted by molar-refractivity contribution is 0.0471. The van der Waals surface area contributed by atoms with Crippen molar-refractivity contribution in [2.24, 2.45) is 0 Å². The Balaban J connectivity index is 1.62. The molecule has 33 heavy (non-hydrogen) atoms. The van der Waals surface area contributed by atoms with Crippen LogP contribution in [-0.4, -0.2) is 17.5 Å². The summed E-state index contributed by atoms with van der Waals surface area (Å²) in [7, 11) is 0. The summed E-state index contributed by atoms with van der Waals surface area (Å²) in [5.74, 6) is -1.29. The molecule has 0 radical (unpaired) electrons. The minimum Gasteiger partial charge on any atom is -0.457 e. The Bertz CT molecular complexity index is 1310. The van der Waals surface area contributed by atoms with Gasteiger partial charge in [-0.05, 0) is 53.6 Å². The summed E-state index contributed by atoms with van der Waals surface area (Å²) in [4.78, 5) is 38.8. The van der Waals surface area contributed by atoms with Gasteiger partial charge in [0, 0.05) is 16.7 Å². The molecule has 3 aromatic carbocycles. The molecule has 5 heteroatoms. The van der Waals surface area contributed by atoms with E-state index in [4.69, 9.17) is 16.3 Å². The van der Waals surface area contributed by atoms with Crippen LogP contribution in [-0.2, 0) is 16.8 Å². The maximum Gasteiger partial charge on any atom is 0.340 e. The van der Waals surface area contributed by atoms with Gasteiger partial charge in [-0.25, -0.2) is 4.79 Å². The Kier molecular flexibility index (Phi) is 5.75. The van der Waals surface area contributed by atoms with Gasteiger partial charge in [-0.1, -0.05) is 68.8 Å². The van der Waals surface area contributed by atoms with E-state index in [0.717, 1.165) is 16.7 Å². The van der Waals surface area contributed by atoms with Gasteiger partial charge >= 0.3 is 5.97 Å². The Morgan fingerprint density at radius 1 is 0.879 bits per heavy atom. The Morgan fingerprint density at radius 2 is 1.45 bits per heavy atom. The number of benzene rings is 3. The molecule has 3 aromatic rings. The van der Waals surface area contributed by atoms with Crippen LogP contribution >= 0.6 is 11.6 Å². The van der Waals surface area contributed by atoms with Gasteiger partial charge in [0.25, 0.3) is 0 Å². The topological polar surface area (TPSA) is 60.4 Å². The lowest BCUT2D eigenvalue weighted by Gasteiger charge is -2.22. The van der Waals surface area contributed by atoms with Gasteiger partial charge in [0.2, 0.25) is 0 Å². The lowest BCUT2D eigenvalue weighted by atomic mass is 9.83. The van der Waals surface area contributed by atoms with Crippen molar-refractivity contribution < 1.29 is 19.1 Å². The first-order valence-corrected chi connectivity index (χ1v) is 11.2. The molecule has 168 valence electrons. The molecule has 4 nitrogen and oxygen atoms in total. The van der Waals surface area contributed by atoms with Crippen LogP contribution in [0.1, 0.15) is 85.2 Å². The fourth-order valence-electron chi connectivity index (χ4n) is 4.17. The van der Waals surface area contributed by atoms with Crippen LogP contribution in [0.2, 0.25) is 5.02 Å². The molecule has 0 spiro atoms. The number of ketones is 2. The molecule has 0 atom stereocenters. The number of fused-ring (bicyclic) bond motifs is 2. The van der Waals surface area contributed by atoms with E-state index in [1.807, 2.05) is 13.8 Å². The third-order valence-corrected chi connectivity index (χ3v) is 6.55. The second-order valence-corrected chi connectivity index (χ2v) is 9.85. The third-order valence-electron chi connectivity index (χ3n) is 6.16. The number of ether oxygens (including phenoxy) is 1. The average molecular weight is 461 g/mol. The molecule has 0 N–H and O–H groups in total. The largest absolute Gasteiger partial charge is 0.457 e. The van der Waals surface area contributed by atoms with Crippen molar-refractivity contribution in [1.82, 2.24) is 0 Å². The standard InChI is InChI=1S/C28H25ClO4/c1-15-12-17(28(3,4)5)13-16(2)22(15)14-33-27(32)21-11-10-20-23(24(21)29)26(31)19-9-7-6-8-18(19)25(20)30/h6-13H,14H2,1-5H3. The van der Waals surface area contributed by atoms with Gasteiger partial charge in [0.05, 0.1) is 16.1 Å². The maximum absolute atomic E-state index is 13.0. The summed E-state index contributed by atoms with van der Waals surface area (Å²) in [5.41, 5.74) is 5.20. The van der Waals surface area contributed by atoms with Crippen LogP contribution in [0.3, 0.4) is 0 Å². The molecule has 0 saturated heterocycles. The Labute approximate surface area is 198 Å². The van der Waals surface area contributed by atoms with Gasteiger partial charge in [-0.2, -0.15) is 0 Å². The quantitative estimate of drug-likeness (QED) is 0.332. The number of hydrogen-bond acceptors (Lipinski definition) is 4. The van der Waals surface area contributed by atoms with Crippen LogP contribution in [0.25, 0.3) is 0 Å². The minimum atomic E-state index is -0.638. The first kappa shape index (κ1) is 22.9. The molecule has 0 aromatic heterocycles. The first-order chi connectivity index (χ1) is 15.5. The van der Waals surface area contributed by atoms with E-state index in [0.29, 0.717) is 5.56 Å². The van der Waals surface area contributed by atoms with E-state index in [2.05, 4.69) is 32.9 Å². The zero-order chi connectivity index (χ0) is 24.1. The summed E-state index contributed by atoms with van der Waals surface area (Å²) in [6.45, 7) is 10.6. The zero-order valence-electron chi connectivity index (χ0n) is 19.3. The van der Waals surface area contributed by atoms with Crippen molar-refractivity contribution >= 4 is 29.1 Å². The van der Waals surface area contributed by atoms with E-state index < -0.39 is 5.97 Å². The Hall–Kier alpha value is -3.24. The lowest BCUT2D eigenvalue weighted by Crippen LogP contribution is -2.22. The SMILES string of the molecule is Cc1cc(C(C)(C)C)cc(C)c1COC(=O)c1ccc2c(c1Cl)C(=O)c1ccccc1C2=O. The molecule has 0 amide bonds. The number of carbonyl (C=O) groups is 3. The molecule has 0 aliphatic heterocycles. The highest BCUT2D eigenvalue weighted by Gasteiger charge is 2.33. The van der Waals surface area contributed by atoms with Gasteiger partial charge in [-0.3, -0.25) is 9.59 Å². The van der Waals surface area contributed by atoms with E-state index in [1.54, 1.807) is 24.3 Å². The van der Waals surface area contributed by atoms with Crippen molar-refractivity contribution in [3.05, 3.63) is 104 Å². The number of halogens is 1. The highest BCUT2D eigenvalue weighted by molar-refractivity contribution is 6.41. The number of carbonyl (C=O) groups excluding carboxylic acids is 3. The highest BCUT2D eigenvalue weighted by Crippen LogP contribution is 2.34. The molecule has 0 bridgehead atoms. The van der Waals surface area contributed by atoms with Crippen LogP contribution in [0.15, 0.2) is 48.5 Å². The van der Waals surface area contributed by atoms with Crippen molar-refractivity contribution in [1.29, 1.82) is 0 Å². The molecule has 1 aliphatic carbocycles. The zero-order valence-corrected chi connectivity index (χ0v) is 20.1. The van der Waals surface area contributed by atoms with Crippen molar-refractivity contribution in [3.63, 3.8) is 0 Å². The van der Waals surface area contributed by atoms with Gasteiger partial charge < -0.3 is 4.74 Å². The second kappa shape index (κ2) is 8.27. The van der Waals surface area contributed by atoms with Gasteiger partial charge in [0.1, 0.15) is 6.61 Å². The molecule has 0 fully saturated rings. The summed E-state index contributed by atoms with van der Waals surface area (Å²) in [6.07, 6.45) is 0. The van der Waals surface area contributed by atoms with Crippen molar-refractivity contribution in [2.45, 2.75) is 46.6 Å². The first-order valence-electron chi connectivity index (χ1n) is 10.8. The molecule has 0 unspecified atom stereocenters. The summed E-state index contributed by atoms with van der Waals surface area (Å²) in [5, 5.41) is -0.0538. The highest BCUT2D eigenvalue weighted by atomic mass is 35.5. The monoisotopic (exact) mass is 460 g/mol. The minimum absolute atomic E-state index is 0.0178. The maximum atomic E-state index is 13.0. The molecule has 1 aliphatic rings. The van der Waals surface area contributed by atoms with Crippen LogP contribution in [0.5, 0.6) is 0 Å². The van der Waals surface area contributed by atoms with Gasteiger partial charge in [0.15, 0.2) is 11.6 Å². The molecular formula is C28H25ClO4. The fourth-order valence-corrected chi connectivity index (χ4v) is 4.50. The van der Waals surface area contributed by atoms with Crippen LogP contribution in [0.4, 0.5) is 0 Å². The smallest absolute Gasteiger partial charge is 0.340 e. The number of rotatable bonds is 3. The third kappa shape index (κ3) is 4.00. The average Bonchev–Trinajstić information content (AvgIpc) is 2.75.